The van der Waals surface area contributed by atoms with Crippen molar-refractivity contribution < 1.29 is 4.79 Å². The lowest BCUT2D eigenvalue weighted by atomic mass is 9.80. The van der Waals surface area contributed by atoms with Gasteiger partial charge >= 0.3 is 0 Å². The summed E-state index contributed by atoms with van der Waals surface area (Å²) >= 11 is 0. The molecular formula is C12H15NO. The molecule has 0 saturated carbocycles. The second-order valence-electron chi connectivity index (χ2n) is 4.08. The number of benzene rings is 1. The maximum Gasteiger partial charge on any atom is 0.234 e. The molecule has 0 aliphatic carbocycles. The number of hydrogen-bond donors (Lipinski definition) is 1. The largest absolute Gasteiger partial charge is 0.325 e. The molecule has 1 aromatic carbocycles. The summed E-state index contributed by atoms with van der Waals surface area (Å²) in [5.41, 5.74) is 1.81. The molecule has 1 unspecified atom stereocenters. The van der Waals surface area contributed by atoms with Gasteiger partial charge in [-0.2, -0.15) is 0 Å². The van der Waals surface area contributed by atoms with E-state index in [0.29, 0.717) is 0 Å². The Labute approximate surface area is 84.3 Å². The van der Waals surface area contributed by atoms with Gasteiger partial charge in [-0.3, -0.25) is 4.79 Å². The van der Waals surface area contributed by atoms with Crippen molar-refractivity contribution in [3.05, 3.63) is 29.8 Å². The second-order valence-corrected chi connectivity index (χ2v) is 4.08. The summed E-state index contributed by atoms with van der Waals surface area (Å²) in [7, 11) is 0. The van der Waals surface area contributed by atoms with E-state index in [2.05, 4.69) is 12.2 Å². The predicted octanol–water partition coefficient (Wildman–Crippen LogP) is 2.70. The Morgan fingerprint density at radius 2 is 2.07 bits per heavy atom. The van der Waals surface area contributed by atoms with Gasteiger partial charge in [0.15, 0.2) is 0 Å². The standard InChI is InChI=1S/C12H15NO/c1-3-8-12(2)9-6-4-5-7-10(9)13-11(12)14/h4-7H,3,8H2,1-2H3,(H,13,14). The summed E-state index contributed by atoms with van der Waals surface area (Å²) in [5.74, 6) is 0.139. The quantitative estimate of drug-likeness (QED) is 0.761. The molecule has 1 heterocycles. The predicted molar refractivity (Wildman–Crippen MR) is 57.3 cm³/mol. The Kier molecular flexibility index (Phi) is 2.06. The van der Waals surface area contributed by atoms with Gasteiger partial charge in [0.1, 0.15) is 0 Å². The third-order valence-electron chi connectivity index (χ3n) is 3.02. The van der Waals surface area contributed by atoms with E-state index in [1.807, 2.05) is 31.2 Å². The highest BCUT2D eigenvalue weighted by atomic mass is 16.2. The van der Waals surface area contributed by atoms with Gasteiger partial charge in [0.25, 0.3) is 0 Å². The van der Waals surface area contributed by atoms with E-state index in [1.54, 1.807) is 0 Å². The van der Waals surface area contributed by atoms with Crippen LogP contribution < -0.4 is 5.32 Å². The van der Waals surface area contributed by atoms with Gasteiger partial charge < -0.3 is 5.32 Å². The van der Waals surface area contributed by atoms with Crippen molar-refractivity contribution in [3.63, 3.8) is 0 Å². The summed E-state index contributed by atoms with van der Waals surface area (Å²) in [6.07, 6.45) is 1.94. The normalized spacial score (nSPS) is 24.6. The highest BCUT2D eigenvalue weighted by Crippen LogP contribution is 2.40. The SMILES string of the molecule is CCCC1(C)C(=O)Nc2ccccc21. The van der Waals surface area contributed by atoms with Gasteiger partial charge in [0.2, 0.25) is 5.91 Å². The van der Waals surface area contributed by atoms with Crippen LogP contribution in [0.3, 0.4) is 0 Å². The molecule has 1 N–H and O–H groups in total. The van der Waals surface area contributed by atoms with Gasteiger partial charge in [-0.15, -0.1) is 0 Å². The summed E-state index contributed by atoms with van der Waals surface area (Å²) in [6, 6.07) is 7.96. The van der Waals surface area contributed by atoms with E-state index in [1.165, 1.54) is 0 Å². The van der Waals surface area contributed by atoms with Crippen LogP contribution in [-0.2, 0) is 10.2 Å². The molecular weight excluding hydrogens is 174 g/mol. The van der Waals surface area contributed by atoms with Crippen LogP contribution in [0.5, 0.6) is 0 Å². The Morgan fingerprint density at radius 1 is 1.36 bits per heavy atom. The van der Waals surface area contributed by atoms with E-state index >= 15 is 0 Å². The van der Waals surface area contributed by atoms with Gasteiger partial charge in [0.05, 0.1) is 5.41 Å². The summed E-state index contributed by atoms with van der Waals surface area (Å²) in [5, 5.41) is 2.93. The van der Waals surface area contributed by atoms with Crippen molar-refractivity contribution in [3.8, 4) is 0 Å². The van der Waals surface area contributed by atoms with Crippen molar-refractivity contribution >= 4 is 11.6 Å². The molecule has 1 amide bonds. The zero-order valence-electron chi connectivity index (χ0n) is 8.63. The molecule has 1 atom stereocenters. The molecule has 2 nitrogen and oxygen atoms in total. The van der Waals surface area contributed by atoms with Gasteiger partial charge in [-0.1, -0.05) is 31.5 Å². The van der Waals surface area contributed by atoms with Crippen LogP contribution in [0, 0.1) is 0 Å². The van der Waals surface area contributed by atoms with Crippen LogP contribution in [0.1, 0.15) is 32.3 Å². The average Bonchev–Trinajstić information content (AvgIpc) is 2.41. The van der Waals surface area contributed by atoms with E-state index in [-0.39, 0.29) is 11.3 Å². The molecule has 1 aliphatic heterocycles. The smallest absolute Gasteiger partial charge is 0.234 e. The molecule has 0 saturated heterocycles. The van der Waals surface area contributed by atoms with Crippen molar-refractivity contribution in [2.75, 3.05) is 5.32 Å². The molecule has 14 heavy (non-hydrogen) atoms. The van der Waals surface area contributed by atoms with Crippen molar-refractivity contribution in [2.45, 2.75) is 32.1 Å². The first-order valence-corrected chi connectivity index (χ1v) is 5.09. The number of carbonyl (C=O) groups excluding carboxylic acids is 1. The molecule has 0 fully saturated rings. The van der Waals surface area contributed by atoms with Gasteiger partial charge in [-0.25, -0.2) is 0 Å². The third-order valence-corrected chi connectivity index (χ3v) is 3.02. The van der Waals surface area contributed by atoms with Crippen molar-refractivity contribution in [1.82, 2.24) is 0 Å². The molecule has 1 aliphatic rings. The number of para-hydroxylation sites is 1. The lowest BCUT2D eigenvalue weighted by Gasteiger charge is -2.20. The van der Waals surface area contributed by atoms with E-state index in [0.717, 1.165) is 24.1 Å². The second kappa shape index (κ2) is 3.12. The lowest BCUT2D eigenvalue weighted by Crippen LogP contribution is -2.30. The fourth-order valence-corrected chi connectivity index (χ4v) is 2.20. The monoisotopic (exact) mass is 189 g/mol. The van der Waals surface area contributed by atoms with E-state index in [4.69, 9.17) is 0 Å². The molecule has 0 spiro atoms. The number of amides is 1. The number of anilines is 1. The van der Waals surface area contributed by atoms with E-state index in [9.17, 15) is 4.79 Å². The van der Waals surface area contributed by atoms with Crippen LogP contribution in [-0.4, -0.2) is 5.91 Å². The number of hydrogen-bond acceptors (Lipinski definition) is 1. The average molecular weight is 189 g/mol. The summed E-state index contributed by atoms with van der Waals surface area (Å²) in [6.45, 7) is 4.14. The highest BCUT2D eigenvalue weighted by molar-refractivity contribution is 6.05. The Morgan fingerprint density at radius 3 is 2.79 bits per heavy atom. The number of rotatable bonds is 2. The van der Waals surface area contributed by atoms with Crippen LogP contribution >= 0.6 is 0 Å². The van der Waals surface area contributed by atoms with Crippen LogP contribution in [0.4, 0.5) is 5.69 Å². The minimum absolute atomic E-state index is 0.139. The zero-order chi connectivity index (χ0) is 10.2. The third kappa shape index (κ3) is 1.14. The first kappa shape index (κ1) is 9.25. The fourth-order valence-electron chi connectivity index (χ4n) is 2.20. The van der Waals surface area contributed by atoms with Crippen LogP contribution in [0.25, 0.3) is 0 Å². The molecule has 1 aromatic rings. The first-order chi connectivity index (χ1) is 6.68. The number of carbonyl (C=O) groups is 1. The van der Waals surface area contributed by atoms with Crippen molar-refractivity contribution in [2.24, 2.45) is 0 Å². The minimum atomic E-state index is -0.314. The maximum absolute atomic E-state index is 11.8. The molecule has 0 radical (unpaired) electrons. The zero-order valence-corrected chi connectivity index (χ0v) is 8.63. The minimum Gasteiger partial charge on any atom is -0.325 e. The first-order valence-electron chi connectivity index (χ1n) is 5.09. The Balaban J connectivity index is 2.48. The molecule has 2 heteroatoms. The summed E-state index contributed by atoms with van der Waals surface area (Å²) < 4.78 is 0. The number of fused-ring (bicyclic) bond motifs is 1. The fraction of sp³-hybridized carbons (Fsp3) is 0.417. The Hall–Kier alpha value is -1.31. The number of nitrogens with one attached hydrogen (secondary N) is 1. The lowest BCUT2D eigenvalue weighted by molar-refractivity contribution is -0.120. The molecule has 0 aromatic heterocycles. The van der Waals surface area contributed by atoms with Crippen LogP contribution in [0.2, 0.25) is 0 Å². The molecule has 74 valence electrons. The molecule has 2 rings (SSSR count). The van der Waals surface area contributed by atoms with E-state index < -0.39 is 0 Å². The van der Waals surface area contributed by atoms with Crippen LogP contribution in [0.15, 0.2) is 24.3 Å². The van der Waals surface area contributed by atoms with Gasteiger partial charge in [0, 0.05) is 5.69 Å². The topological polar surface area (TPSA) is 29.1 Å². The molecule has 0 bridgehead atoms. The highest BCUT2D eigenvalue weighted by Gasteiger charge is 2.41. The Bertz CT molecular complexity index is 372. The van der Waals surface area contributed by atoms with Gasteiger partial charge in [-0.05, 0) is 25.0 Å². The maximum atomic E-state index is 11.8. The van der Waals surface area contributed by atoms with Crippen molar-refractivity contribution in [1.29, 1.82) is 0 Å². The summed E-state index contributed by atoms with van der Waals surface area (Å²) in [4.78, 5) is 11.8.